The van der Waals surface area contributed by atoms with Crippen molar-refractivity contribution in [1.82, 2.24) is 14.7 Å². The Morgan fingerprint density at radius 2 is 0.579 bits per heavy atom. The van der Waals surface area contributed by atoms with Crippen LogP contribution in [0.4, 0.5) is 0 Å². The summed E-state index contributed by atoms with van der Waals surface area (Å²) in [6, 6.07) is 0. The maximum absolute atomic E-state index is 13.1. The average Bonchev–Trinajstić information content (AvgIpc) is 3.42. The van der Waals surface area contributed by atoms with Crippen LogP contribution in [0, 0.1) is 0 Å². The molecule has 0 unspecified atom stereocenters. The second kappa shape index (κ2) is 66.3. The molecule has 0 bridgehead atoms. The minimum Gasteiger partial charge on any atom is -0.466 e. The first-order valence-electron chi connectivity index (χ1n) is 33.9. The van der Waals surface area contributed by atoms with E-state index in [0.29, 0.717) is 31.3 Å². The Labute approximate surface area is 483 Å². The molecule has 0 aromatic carbocycles. The number of carbonyl (C=O) groups is 3. The maximum Gasteiger partial charge on any atom is 0.305 e. The van der Waals surface area contributed by atoms with Gasteiger partial charge in [0.05, 0.1) is 13.2 Å². The summed E-state index contributed by atoms with van der Waals surface area (Å²) in [6.45, 7) is 18.8. The second-order valence-corrected chi connectivity index (χ2v) is 23.8. The molecule has 0 fully saturated rings. The summed E-state index contributed by atoms with van der Waals surface area (Å²) in [4.78, 5) is 44.6. The molecule has 0 aromatic rings. The molecule has 8 nitrogen and oxygen atoms in total. The predicted molar refractivity (Wildman–Crippen MR) is 336 cm³/mol. The van der Waals surface area contributed by atoms with Gasteiger partial charge in [0, 0.05) is 57.3 Å². The first-order chi connectivity index (χ1) is 37.3. The van der Waals surface area contributed by atoms with Crippen LogP contribution in [0.5, 0.6) is 0 Å². The molecule has 76 heavy (non-hydrogen) atoms. The van der Waals surface area contributed by atoms with Crippen LogP contribution in [-0.4, -0.2) is 102 Å². The summed E-state index contributed by atoms with van der Waals surface area (Å²) in [7, 11) is 0. The summed E-state index contributed by atoms with van der Waals surface area (Å²) < 4.78 is 5.41. The second-order valence-electron chi connectivity index (χ2n) is 23.0. The lowest BCUT2D eigenvalue weighted by molar-refractivity contribution is -0.144. The fourth-order valence-corrected chi connectivity index (χ4v) is 10.7. The van der Waals surface area contributed by atoms with Gasteiger partial charge in [-0.25, -0.2) is 0 Å². The number of nitrogens with zero attached hydrogens (tertiary/aromatic N) is 3. The molecule has 0 saturated heterocycles. The Morgan fingerprint density at radius 1 is 0.316 bits per heavy atom. The van der Waals surface area contributed by atoms with Crippen LogP contribution < -0.4 is 0 Å². The van der Waals surface area contributed by atoms with Crippen LogP contribution in [0.25, 0.3) is 0 Å². The van der Waals surface area contributed by atoms with Crippen LogP contribution in [0.3, 0.4) is 0 Å². The standard InChI is InChI=1S/C43H86N2O4.C24H48BrNO/c1-4-7-10-13-16-25-32-41-49-43(48)34-27-20-18-22-29-36-44(39-40-46)35-28-21-17-19-26-33-42(47)45(37-30-23-14-11-8-5-2)38-31-24-15-12-9-6-3;1-3-5-7-9-14-18-22-26(23-19-15-10-8-6-4-2)24(27)20-16-12-11-13-17-21-25/h46H,4-41H2,1-3H3;3-23H2,1-2H3. The highest BCUT2D eigenvalue weighted by Gasteiger charge is 2.15. The average molecular weight is 1140 g/mol. The van der Waals surface area contributed by atoms with Crippen molar-refractivity contribution < 1.29 is 24.2 Å². The van der Waals surface area contributed by atoms with E-state index in [1.54, 1.807) is 0 Å². The SMILES string of the molecule is CCCCCCCCCOC(=O)CCCCCCCN(CCO)CCCCCCCC(=O)N(CCCCCCCC)CCCCCCCC.CCCCCCCCN(CCCCCCCC)C(=O)CCCCCCCBr. The van der Waals surface area contributed by atoms with E-state index < -0.39 is 0 Å². The van der Waals surface area contributed by atoms with E-state index in [9.17, 15) is 19.5 Å². The normalized spacial score (nSPS) is 11.3. The van der Waals surface area contributed by atoms with Gasteiger partial charge in [-0.2, -0.15) is 0 Å². The maximum atomic E-state index is 13.1. The number of hydrogen-bond donors (Lipinski definition) is 1. The Kier molecular flexibility index (Phi) is 67.1. The molecule has 0 spiro atoms. The summed E-state index contributed by atoms with van der Waals surface area (Å²) in [5, 5.41) is 10.7. The number of halogens is 1. The van der Waals surface area contributed by atoms with E-state index in [-0.39, 0.29) is 12.6 Å². The number of ether oxygens (including phenoxy) is 1. The Hall–Kier alpha value is -1.19. The molecule has 9 heteroatoms. The van der Waals surface area contributed by atoms with E-state index in [1.165, 1.54) is 225 Å². The molecule has 0 aliphatic heterocycles. The summed E-state index contributed by atoms with van der Waals surface area (Å²) in [6.07, 6.45) is 59.0. The summed E-state index contributed by atoms with van der Waals surface area (Å²) in [5.41, 5.74) is 0. The van der Waals surface area contributed by atoms with E-state index in [0.717, 1.165) is 128 Å². The molecule has 0 aliphatic rings. The third kappa shape index (κ3) is 58.9. The van der Waals surface area contributed by atoms with Gasteiger partial charge in [-0.05, 0) is 83.7 Å². The smallest absolute Gasteiger partial charge is 0.305 e. The number of unbranched alkanes of at least 4 members (excludes halogenated alkanes) is 38. The van der Waals surface area contributed by atoms with Crippen molar-refractivity contribution in [3.8, 4) is 0 Å². The molecule has 1 N–H and O–H groups in total. The zero-order chi connectivity index (χ0) is 55.9. The van der Waals surface area contributed by atoms with Crippen molar-refractivity contribution >= 4 is 33.7 Å². The molecule has 0 rings (SSSR count). The van der Waals surface area contributed by atoms with E-state index >= 15 is 0 Å². The lowest BCUT2D eigenvalue weighted by Crippen LogP contribution is -2.32. The molecule has 0 heterocycles. The van der Waals surface area contributed by atoms with Crippen molar-refractivity contribution in [2.75, 3.05) is 64.4 Å². The van der Waals surface area contributed by atoms with Crippen molar-refractivity contribution in [1.29, 1.82) is 0 Å². The summed E-state index contributed by atoms with van der Waals surface area (Å²) >= 11 is 3.49. The fraction of sp³-hybridized carbons (Fsp3) is 0.955. The molecule has 0 aliphatic carbocycles. The van der Waals surface area contributed by atoms with Gasteiger partial charge in [0.15, 0.2) is 0 Å². The third-order valence-corrected chi connectivity index (χ3v) is 16.1. The highest BCUT2D eigenvalue weighted by Crippen LogP contribution is 2.16. The van der Waals surface area contributed by atoms with Crippen LogP contribution in [0.1, 0.15) is 349 Å². The van der Waals surface area contributed by atoms with Crippen LogP contribution in [-0.2, 0) is 19.1 Å². The zero-order valence-corrected chi connectivity index (χ0v) is 53.6. The third-order valence-electron chi connectivity index (χ3n) is 15.5. The minimum atomic E-state index is -0.0272. The predicted octanol–water partition coefficient (Wildman–Crippen LogP) is 20.1. The largest absolute Gasteiger partial charge is 0.466 e. The van der Waals surface area contributed by atoms with Crippen molar-refractivity contribution in [3.05, 3.63) is 0 Å². The number of aliphatic hydroxyl groups is 1. The summed E-state index contributed by atoms with van der Waals surface area (Å²) in [5.74, 6) is 0.772. The minimum absolute atomic E-state index is 0.0272. The Bertz CT molecular complexity index is 1130. The van der Waals surface area contributed by atoms with Gasteiger partial charge in [0.25, 0.3) is 0 Å². The lowest BCUT2D eigenvalue weighted by Gasteiger charge is -2.23. The van der Waals surface area contributed by atoms with Gasteiger partial charge in [0.1, 0.15) is 0 Å². The van der Waals surface area contributed by atoms with Gasteiger partial charge in [0.2, 0.25) is 11.8 Å². The number of amides is 2. The molecule has 0 saturated carbocycles. The molecular weight excluding hydrogens is 1010 g/mol. The van der Waals surface area contributed by atoms with E-state index in [2.05, 4.69) is 65.2 Å². The number of alkyl halides is 1. The highest BCUT2D eigenvalue weighted by molar-refractivity contribution is 9.09. The lowest BCUT2D eigenvalue weighted by atomic mass is 10.1. The Balaban J connectivity index is 0. The monoisotopic (exact) mass is 1140 g/mol. The Morgan fingerprint density at radius 3 is 0.895 bits per heavy atom. The molecule has 0 radical (unpaired) electrons. The van der Waals surface area contributed by atoms with E-state index in [4.69, 9.17) is 4.74 Å². The first kappa shape index (κ1) is 76.9. The highest BCUT2D eigenvalue weighted by atomic mass is 79.9. The number of hydrogen-bond acceptors (Lipinski definition) is 6. The van der Waals surface area contributed by atoms with Crippen LogP contribution >= 0.6 is 15.9 Å². The van der Waals surface area contributed by atoms with Gasteiger partial charge in [-0.1, -0.05) is 275 Å². The molecule has 0 atom stereocenters. The van der Waals surface area contributed by atoms with Gasteiger partial charge in [-0.15, -0.1) is 0 Å². The number of aliphatic hydroxyl groups excluding tert-OH is 1. The number of carbonyl (C=O) groups excluding carboxylic acids is 3. The van der Waals surface area contributed by atoms with Gasteiger partial charge >= 0.3 is 5.97 Å². The first-order valence-corrected chi connectivity index (χ1v) is 35.1. The van der Waals surface area contributed by atoms with Gasteiger partial charge < -0.3 is 24.5 Å². The van der Waals surface area contributed by atoms with E-state index in [1.807, 2.05) is 0 Å². The number of esters is 1. The van der Waals surface area contributed by atoms with Crippen molar-refractivity contribution in [2.45, 2.75) is 349 Å². The van der Waals surface area contributed by atoms with Crippen molar-refractivity contribution in [3.63, 3.8) is 0 Å². The van der Waals surface area contributed by atoms with Crippen molar-refractivity contribution in [2.24, 2.45) is 0 Å². The molecule has 2 amide bonds. The quantitative estimate of drug-likeness (QED) is 0.0371. The topological polar surface area (TPSA) is 90.4 Å². The van der Waals surface area contributed by atoms with Crippen LogP contribution in [0.15, 0.2) is 0 Å². The fourth-order valence-electron chi connectivity index (χ4n) is 10.3. The molecular formula is C67H134BrN3O5. The zero-order valence-electron chi connectivity index (χ0n) is 52.0. The molecule has 454 valence electrons. The number of rotatable bonds is 61. The van der Waals surface area contributed by atoms with Gasteiger partial charge in [-0.3, -0.25) is 14.4 Å². The molecule has 0 aromatic heterocycles. The van der Waals surface area contributed by atoms with Crippen LogP contribution in [0.2, 0.25) is 0 Å².